The van der Waals surface area contributed by atoms with Crippen LogP contribution in [0.25, 0.3) is 11.0 Å². The van der Waals surface area contributed by atoms with Gasteiger partial charge in [0.15, 0.2) is 5.82 Å². The molecular weight excluding hydrogens is 520 g/mol. The number of benzene rings is 1. The molecule has 0 N–H and O–H groups in total. The first-order chi connectivity index (χ1) is 19.8. The second-order valence-electron chi connectivity index (χ2n) is 10.5. The van der Waals surface area contributed by atoms with E-state index in [4.69, 9.17) is 4.74 Å². The van der Waals surface area contributed by atoms with Crippen molar-refractivity contribution >= 4 is 23.3 Å². The van der Waals surface area contributed by atoms with Gasteiger partial charge < -0.3 is 14.4 Å². The number of nitriles is 1. The van der Waals surface area contributed by atoms with Crippen molar-refractivity contribution in [1.82, 2.24) is 19.4 Å². The molecule has 0 amide bonds. The Morgan fingerprint density at radius 3 is 2.32 bits per heavy atom. The van der Waals surface area contributed by atoms with E-state index in [-0.39, 0.29) is 23.8 Å². The number of ether oxygens (including phenoxy) is 2. The number of rotatable bonds is 9. The zero-order valence-electron chi connectivity index (χ0n) is 24.6. The van der Waals surface area contributed by atoms with Crippen LogP contribution in [0.4, 0.5) is 5.82 Å². The van der Waals surface area contributed by atoms with Gasteiger partial charge in [0.25, 0.3) is 6.47 Å². The molecular formula is C31H40N6O4. The Labute approximate surface area is 241 Å². The number of pyridine rings is 1. The van der Waals surface area contributed by atoms with Crippen LogP contribution in [0.5, 0.6) is 5.75 Å². The molecule has 218 valence electrons. The van der Waals surface area contributed by atoms with E-state index < -0.39 is 0 Å². The third-order valence-corrected chi connectivity index (χ3v) is 7.93. The summed E-state index contributed by atoms with van der Waals surface area (Å²) in [6.45, 7) is 10.9. The summed E-state index contributed by atoms with van der Waals surface area (Å²) in [6, 6.07) is 14.8. The topological polar surface area (TPSA) is 114 Å². The van der Waals surface area contributed by atoms with E-state index in [2.05, 4.69) is 75.6 Å². The molecule has 1 saturated carbocycles. The molecule has 0 radical (unpaired) electrons. The molecule has 0 spiro atoms. The van der Waals surface area contributed by atoms with Gasteiger partial charge in [0, 0.05) is 38.3 Å². The van der Waals surface area contributed by atoms with Crippen LogP contribution >= 0.6 is 0 Å². The number of fused-ring (bicyclic) bond motifs is 1. The monoisotopic (exact) mass is 560 g/mol. The highest BCUT2D eigenvalue weighted by molar-refractivity contribution is 5.86. The number of anilines is 1. The zero-order chi connectivity index (χ0) is 29.5. The van der Waals surface area contributed by atoms with Crippen LogP contribution < -0.4 is 15.3 Å². The molecule has 3 heterocycles. The van der Waals surface area contributed by atoms with Gasteiger partial charge in [-0.1, -0.05) is 26.0 Å². The first-order valence-corrected chi connectivity index (χ1v) is 14.5. The molecule has 1 saturated heterocycles. The third-order valence-electron chi connectivity index (χ3n) is 7.93. The number of carbonyl (C=O) groups excluding carboxylic acids is 1. The van der Waals surface area contributed by atoms with E-state index in [9.17, 15) is 14.9 Å². The molecule has 10 nitrogen and oxygen atoms in total. The predicted molar refractivity (Wildman–Crippen MR) is 158 cm³/mol. The number of aromatic nitrogens is 3. The molecule has 3 aromatic rings. The molecule has 1 aliphatic carbocycles. The standard InChI is InChI=1S/C28H34N6O2.C3H6O2/c1-5-21-17-34(27-26-25(32(4)28(35)31-27)14-9-20(15-29)30-26)22(6-2)16-33(21)18(3)19-7-10-23(11-8-19)36-24-12-13-24;1-2-5-3-4/h7-11,14,18,21-22,24H,5-6,12-13,16-17H2,1-4H3;3H,2H2,1H3/t18?,21-,22?;/m1./s1. The lowest BCUT2D eigenvalue weighted by atomic mass is 9.97. The summed E-state index contributed by atoms with van der Waals surface area (Å²) in [5.41, 5.74) is 2.59. The molecule has 2 fully saturated rings. The highest BCUT2D eigenvalue weighted by Gasteiger charge is 2.37. The lowest BCUT2D eigenvalue weighted by Gasteiger charge is -2.49. The molecule has 1 aliphatic heterocycles. The predicted octanol–water partition coefficient (Wildman–Crippen LogP) is 4.36. The van der Waals surface area contributed by atoms with Crippen molar-refractivity contribution in [3.63, 3.8) is 0 Å². The lowest BCUT2D eigenvalue weighted by molar-refractivity contribution is -0.128. The summed E-state index contributed by atoms with van der Waals surface area (Å²) in [5.74, 6) is 1.54. The fraction of sp³-hybridized carbons (Fsp3) is 0.516. The van der Waals surface area contributed by atoms with Crippen LogP contribution in [0.15, 0.2) is 41.2 Å². The van der Waals surface area contributed by atoms with Gasteiger partial charge in [-0.25, -0.2) is 9.78 Å². The van der Waals surface area contributed by atoms with Gasteiger partial charge >= 0.3 is 5.69 Å². The minimum Gasteiger partial charge on any atom is -0.490 e. The van der Waals surface area contributed by atoms with Gasteiger partial charge in [-0.3, -0.25) is 14.3 Å². The van der Waals surface area contributed by atoms with Crippen LogP contribution in [-0.2, 0) is 16.6 Å². The van der Waals surface area contributed by atoms with E-state index in [0.717, 1.165) is 44.5 Å². The van der Waals surface area contributed by atoms with Crippen LogP contribution in [-0.4, -0.2) is 63.8 Å². The Balaban J connectivity index is 0.000000714. The summed E-state index contributed by atoms with van der Waals surface area (Å²) in [6.07, 6.45) is 4.59. The number of hydrogen-bond donors (Lipinski definition) is 0. The molecule has 2 aliphatic rings. The maximum Gasteiger partial charge on any atom is 0.349 e. The first-order valence-electron chi connectivity index (χ1n) is 14.5. The maximum atomic E-state index is 12.8. The molecule has 1 aromatic carbocycles. The molecule has 2 aromatic heterocycles. The average molecular weight is 561 g/mol. The van der Waals surface area contributed by atoms with Crippen LogP contribution in [0, 0.1) is 11.3 Å². The summed E-state index contributed by atoms with van der Waals surface area (Å²) in [7, 11) is 1.70. The zero-order valence-corrected chi connectivity index (χ0v) is 24.6. The van der Waals surface area contributed by atoms with Crippen molar-refractivity contribution in [3.8, 4) is 11.8 Å². The van der Waals surface area contributed by atoms with Gasteiger partial charge in [0.1, 0.15) is 23.0 Å². The minimum absolute atomic E-state index is 0.170. The number of piperazine rings is 1. The largest absolute Gasteiger partial charge is 0.490 e. The van der Waals surface area contributed by atoms with Crippen LogP contribution in [0.3, 0.4) is 0 Å². The van der Waals surface area contributed by atoms with Crippen molar-refractivity contribution in [2.45, 2.75) is 77.6 Å². The van der Waals surface area contributed by atoms with Crippen LogP contribution in [0.1, 0.15) is 70.7 Å². The number of aryl methyl sites for hydroxylation is 1. The average Bonchev–Trinajstić information content (AvgIpc) is 3.82. The van der Waals surface area contributed by atoms with Gasteiger partial charge in [0.2, 0.25) is 0 Å². The first kappa shape index (κ1) is 30.0. The third kappa shape index (κ3) is 6.85. The second-order valence-corrected chi connectivity index (χ2v) is 10.5. The van der Waals surface area contributed by atoms with E-state index in [1.807, 2.05) is 0 Å². The fourth-order valence-electron chi connectivity index (χ4n) is 5.35. The Morgan fingerprint density at radius 1 is 1.05 bits per heavy atom. The number of nitrogens with zero attached hydrogens (tertiary/aromatic N) is 6. The quantitative estimate of drug-likeness (QED) is 0.352. The Morgan fingerprint density at radius 2 is 1.76 bits per heavy atom. The van der Waals surface area contributed by atoms with E-state index in [1.54, 1.807) is 26.1 Å². The van der Waals surface area contributed by atoms with E-state index in [1.165, 1.54) is 10.1 Å². The van der Waals surface area contributed by atoms with Crippen molar-refractivity contribution in [1.29, 1.82) is 5.26 Å². The highest BCUT2D eigenvalue weighted by Crippen LogP contribution is 2.34. The molecule has 10 heteroatoms. The summed E-state index contributed by atoms with van der Waals surface area (Å²) in [5, 5.41) is 9.44. The summed E-state index contributed by atoms with van der Waals surface area (Å²) < 4.78 is 11.6. The smallest absolute Gasteiger partial charge is 0.349 e. The minimum atomic E-state index is -0.309. The normalized spacial score (nSPS) is 19.6. The van der Waals surface area contributed by atoms with Gasteiger partial charge in [0.05, 0.1) is 18.2 Å². The Hall–Kier alpha value is -3.97. The van der Waals surface area contributed by atoms with E-state index in [0.29, 0.717) is 41.7 Å². The molecule has 41 heavy (non-hydrogen) atoms. The number of carbonyl (C=O) groups is 1. The van der Waals surface area contributed by atoms with Crippen molar-refractivity contribution in [2.75, 3.05) is 24.6 Å². The molecule has 0 bridgehead atoms. The fourth-order valence-corrected chi connectivity index (χ4v) is 5.35. The van der Waals surface area contributed by atoms with Gasteiger partial charge in [-0.05, 0) is 69.4 Å². The number of hydrogen-bond acceptors (Lipinski definition) is 9. The second kappa shape index (κ2) is 13.6. The van der Waals surface area contributed by atoms with E-state index >= 15 is 0 Å². The summed E-state index contributed by atoms with van der Waals surface area (Å²) >= 11 is 0. The van der Waals surface area contributed by atoms with Crippen molar-refractivity contribution in [2.24, 2.45) is 7.05 Å². The van der Waals surface area contributed by atoms with Crippen molar-refractivity contribution in [3.05, 3.63) is 58.1 Å². The molecule has 5 rings (SSSR count). The highest BCUT2D eigenvalue weighted by atomic mass is 16.5. The molecule has 3 atom stereocenters. The SMILES string of the molecule is CCC1CN(C(C)c2ccc(OC3CC3)cc2)[C@H](CC)CN1c1nc(=O)n(C)c2ccc(C#N)nc12.CCOC=O. The maximum absolute atomic E-state index is 12.8. The Bertz CT molecular complexity index is 1430. The van der Waals surface area contributed by atoms with Gasteiger partial charge in [-0.2, -0.15) is 10.2 Å². The molecule has 2 unspecified atom stereocenters. The Kier molecular flexibility index (Phi) is 9.95. The summed E-state index contributed by atoms with van der Waals surface area (Å²) in [4.78, 5) is 35.8. The van der Waals surface area contributed by atoms with Crippen molar-refractivity contribution < 1.29 is 14.3 Å². The van der Waals surface area contributed by atoms with Crippen LogP contribution in [0.2, 0.25) is 0 Å². The lowest BCUT2D eigenvalue weighted by Crippen LogP contribution is -2.59. The van der Waals surface area contributed by atoms with Gasteiger partial charge in [-0.15, -0.1) is 0 Å².